The van der Waals surface area contributed by atoms with E-state index < -0.39 is 16.1 Å². The summed E-state index contributed by atoms with van der Waals surface area (Å²) < 4.78 is 26.5. The van der Waals surface area contributed by atoms with Crippen molar-refractivity contribution < 1.29 is 13.5 Å². The highest BCUT2D eigenvalue weighted by Crippen LogP contribution is 2.16. The van der Waals surface area contributed by atoms with Crippen LogP contribution >= 0.6 is 0 Å². The van der Waals surface area contributed by atoms with Crippen molar-refractivity contribution in [2.24, 2.45) is 0 Å². The molecule has 5 heteroatoms. The third-order valence-electron chi connectivity index (χ3n) is 3.24. The van der Waals surface area contributed by atoms with E-state index in [0.29, 0.717) is 0 Å². The second-order valence-electron chi connectivity index (χ2n) is 4.97. The molecule has 112 valence electrons. The van der Waals surface area contributed by atoms with Crippen molar-refractivity contribution in [1.82, 2.24) is 4.72 Å². The Balaban J connectivity index is 1.97. The lowest BCUT2D eigenvalue weighted by molar-refractivity contribution is 0.181. The van der Waals surface area contributed by atoms with Crippen LogP contribution in [0, 0.1) is 6.92 Å². The Morgan fingerprint density at radius 3 is 2.33 bits per heavy atom. The molecule has 0 saturated heterocycles. The molecule has 2 rings (SSSR count). The lowest BCUT2D eigenvalue weighted by Gasteiger charge is -2.14. The number of hydrogen-bond donors (Lipinski definition) is 2. The van der Waals surface area contributed by atoms with Gasteiger partial charge >= 0.3 is 0 Å². The number of aliphatic hydroxyl groups is 1. The average molecular weight is 305 g/mol. The number of hydrogen-bond acceptors (Lipinski definition) is 3. The average Bonchev–Trinajstić information content (AvgIpc) is 2.46. The minimum absolute atomic E-state index is 0.0278. The molecule has 0 radical (unpaired) electrons. The molecule has 0 bridgehead atoms. The standard InChI is InChI=1S/C16H19NO3S/c1-13-7-5-6-10-15(13)16(18)11-17-21(19,20)12-14-8-3-2-4-9-14/h2-10,16-18H,11-12H2,1H3. The predicted octanol–water partition coefficient (Wildman–Crippen LogP) is 2.15. The molecular weight excluding hydrogens is 286 g/mol. The molecule has 2 aromatic carbocycles. The van der Waals surface area contributed by atoms with Gasteiger partial charge in [0.05, 0.1) is 11.9 Å². The van der Waals surface area contributed by atoms with Crippen LogP contribution in [0.15, 0.2) is 54.6 Å². The summed E-state index contributed by atoms with van der Waals surface area (Å²) in [6, 6.07) is 16.3. The van der Waals surface area contributed by atoms with Gasteiger partial charge in [0, 0.05) is 6.54 Å². The molecule has 1 unspecified atom stereocenters. The van der Waals surface area contributed by atoms with Crippen LogP contribution in [0.2, 0.25) is 0 Å². The second-order valence-corrected chi connectivity index (χ2v) is 6.77. The zero-order valence-electron chi connectivity index (χ0n) is 11.9. The Bertz CT molecular complexity index is 684. The van der Waals surface area contributed by atoms with Gasteiger partial charge in [0.15, 0.2) is 0 Å². The SMILES string of the molecule is Cc1ccccc1C(O)CNS(=O)(=O)Cc1ccccc1. The number of aryl methyl sites for hydroxylation is 1. The highest BCUT2D eigenvalue weighted by atomic mass is 32.2. The van der Waals surface area contributed by atoms with E-state index >= 15 is 0 Å². The van der Waals surface area contributed by atoms with E-state index in [2.05, 4.69) is 4.72 Å². The van der Waals surface area contributed by atoms with Gasteiger partial charge in [-0.25, -0.2) is 13.1 Å². The normalized spacial score (nSPS) is 13.0. The first kappa shape index (κ1) is 15.7. The van der Waals surface area contributed by atoms with Crippen molar-refractivity contribution in [3.63, 3.8) is 0 Å². The van der Waals surface area contributed by atoms with Crippen LogP contribution < -0.4 is 4.72 Å². The Morgan fingerprint density at radius 2 is 1.67 bits per heavy atom. The van der Waals surface area contributed by atoms with Gasteiger partial charge in [-0.3, -0.25) is 0 Å². The third kappa shape index (κ3) is 4.67. The molecule has 0 aromatic heterocycles. The number of rotatable bonds is 6. The maximum Gasteiger partial charge on any atom is 0.215 e. The largest absolute Gasteiger partial charge is 0.387 e. The summed E-state index contributed by atoms with van der Waals surface area (Å²) in [5.74, 6) is -0.0890. The molecule has 0 heterocycles. The number of benzene rings is 2. The van der Waals surface area contributed by atoms with E-state index in [0.717, 1.165) is 16.7 Å². The molecular formula is C16H19NO3S. The van der Waals surface area contributed by atoms with Gasteiger partial charge < -0.3 is 5.11 Å². The number of sulfonamides is 1. The Kier molecular flexibility index (Phi) is 5.12. The molecule has 0 aliphatic carbocycles. The second kappa shape index (κ2) is 6.85. The van der Waals surface area contributed by atoms with E-state index in [1.807, 2.05) is 31.2 Å². The molecule has 0 spiro atoms. The van der Waals surface area contributed by atoms with Crippen LogP contribution in [0.5, 0.6) is 0 Å². The van der Waals surface area contributed by atoms with Gasteiger partial charge in [0.1, 0.15) is 0 Å². The van der Waals surface area contributed by atoms with Gasteiger partial charge in [0.25, 0.3) is 0 Å². The van der Waals surface area contributed by atoms with E-state index in [-0.39, 0.29) is 12.3 Å². The fourth-order valence-electron chi connectivity index (χ4n) is 2.12. The van der Waals surface area contributed by atoms with Crippen molar-refractivity contribution in [3.05, 3.63) is 71.3 Å². The first-order chi connectivity index (χ1) is 9.98. The van der Waals surface area contributed by atoms with Gasteiger partial charge in [-0.05, 0) is 23.6 Å². The number of nitrogens with one attached hydrogen (secondary N) is 1. The van der Waals surface area contributed by atoms with Crippen LogP contribution in [0.25, 0.3) is 0 Å². The topological polar surface area (TPSA) is 66.4 Å². The summed E-state index contributed by atoms with van der Waals surface area (Å²) in [5, 5.41) is 10.1. The Hall–Kier alpha value is -1.69. The van der Waals surface area contributed by atoms with Crippen LogP contribution in [-0.4, -0.2) is 20.1 Å². The van der Waals surface area contributed by atoms with Crippen molar-refractivity contribution >= 4 is 10.0 Å². The van der Waals surface area contributed by atoms with Crippen LogP contribution in [-0.2, 0) is 15.8 Å². The molecule has 0 saturated carbocycles. The van der Waals surface area contributed by atoms with Crippen LogP contribution in [0.3, 0.4) is 0 Å². The van der Waals surface area contributed by atoms with Gasteiger partial charge in [0.2, 0.25) is 10.0 Å². The fourth-order valence-corrected chi connectivity index (χ4v) is 3.27. The summed E-state index contributed by atoms with van der Waals surface area (Å²) >= 11 is 0. The van der Waals surface area contributed by atoms with Crippen molar-refractivity contribution in [2.45, 2.75) is 18.8 Å². The Labute approximate surface area is 125 Å². The maximum absolute atomic E-state index is 12.0. The van der Waals surface area contributed by atoms with Crippen LogP contribution in [0.4, 0.5) is 0 Å². The van der Waals surface area contributed by atoms with Gasteiger partial charge in [-0.15, -0.1) is 0 Å². The zero-order valence-corrected chi connectivity index (χ0v) is 12.7. The first-order valence-corrected chi connectivity index (χ1v) is 8.38. The van der Waals surface area contributed by atoms with Crippen LogP contribution in [0.1, 0.15) is 22.8 Å². The quantitative estimate of drug-likeness (QED) is 0.859. The van der Waals surface area contributed by atoms with Gasteiger partial charge in [-0.1, -0.05) is 54.6 Å². The van der Waals surface area contributed by atoms with Crippen molar-refractivity contribution in [1.29, 1.82) is 0 Å². The summed E-state index contributed by atoms with van der Waals surface area (Å²) in [5.41, 5.74) is 2.39. The van der Waals surface area contributed by atoms with Crippen molar-refractivity contribution in [3.8, 4) is 0 Å². The molecule has 0 amide bonds. The highest BCUT2D eigenvalue weighted by molar-refractivity contribution is 7.88. The highest BCUT2D eigenvalue weighted by Gasteiger charge is 2.15. The monoisotopic (exact) mass is 305 g/mol. The molecule has 1 atom stereocenters. The minimum atomic E-state index is -3.46. The molecule has 2 aromatic rings. The lowest BCUT2D eigenvalue weighted by atomic mass is 10.0. The van der Waals surface area contributed by atoms with E-state index in [4.69, 9.17) is 0 Å². The summed E-state index contributed by atoms with van der Waals surface area (Å²) in [7, 11) is -3.46. The first-order valence-electron chi connectivity index (χ1n) is 6.73. The predicted molar refractivity (Wildman–Crippen MR) is 83.2 cm³/mol. The summed E-state index contributed by atoms with van der Waals surface area (Å²) in [6.07, 6.45) is -0.850. The molecule has 21 heavy (non-hydrogen) atoms. The lowest BCUT2D eigenvalue weighted by Crippen LogP contribution is -2.29. The fraction of sp³-hybridized carbons (Fsp3) is 0.250. The minimum Gasteiger partial charge on any atom is -0.387 e. The summed E-state index contributed by atoms with van der Waals surface area (Å²) in [4.78, 5) is 0. The zero-order chi connectivity index (χ0) is 15.3. The summed E-state index contributed by atoms with van der Waals surface area (Å²) in [6.45, 7) is 1.86. The molecule has 0 aliphatic rings. The van der Waals surface area contributed by atoms with E-state index in [1.54, 1.807) is 30.3 Å². The van der Waals surface area contributed by atoms with Gasteiger partial charge in [-0.2, -0.15) is 0 Å². The molecule has 4 nitrogen and oxygen atoms in total. The third-order valence-corrected chi connectivity index (χ3v) is 4.56. The smallest absolute Gasteiger partial charge is 0.215 e. The Morgan fingerprint density at radius 1 is 1.05 bits per heavy atom. The number of aliphatic hydroxyl groups excluding tert-OH is 1. The van der Waals surface area contributed by atoms with E-state index in [1.165, 1.54) is 0 Å². The molecule has 0 fully saturated rings. The molecule has 2 N–H and O–H groups in total. The molecule has 0 aliphatic heterocycles. The van der Waals surface area contributed by atoms with E-state index in [9.17, 15) is 13.5 Å². The van der Waals surface area contributed by atoms with Crippen molar-refractivity contribution in [2.75, 3.05) is 6.54 Å². The maximum atomic E-state index is 12.0.